The van der Waals surface area contributed by atoms with Crippen LogP contribution in [0.5, 0.6) is 0 Å². The number of nitrogens with one attached hydrogen (secondary N) is 2. The van der Waals surface area contributed by atoms with Crippen molar-refractivity contribution in [1.29, 1.82) is 0 Å². The van der Waals surface area contributed by atoms with Crippen LogP contribution in [0.25, 0.3) is 11.1 Å². The highest BCUT2D eigenvalue weighted by molar-refractivity contribution is 7.09. The molecule has 0 saturated carbocycles. The van der Waals surface area contributed by atoms with Gasteiger partial charge in [-0.05, 0) is 52.0 Å². The zero-order valence-electron chi connectivity index (χ0n) is 20.6. The minimum absolute atomic E-state index is 0.295. The first kappa shape index (κ1) is 29.7. The number of furan rings is 1. The summed E-state index contributed by atoms with van der Waals surface area (Å²) in [4.78, 5) is 16.1. The van der Waals surface area contributed by atoms with Crippen molar-refractivity contribution in [2.75, 3.05) is 26.1 Å². The minimum atomic E-state index is -0.389. The average Bonchev–Trinajstić information content (AvgIpc) is 3.42. The van der Waals surface area contributed by atoms with Crippen LogP contribution in [0, 0.1) is 6.92 Å². The molecule has 7 nitrogen and oxygen atoms in total. The van der Waals surface area contributed by atoms with Crippen LogP contribution in [0.15, 0.2) is 28.0 Å². The topological polar surface area (TPSA) is 96.6 Å². The summed E-state index contributed by atoms with van der Waals surface area (Å²) in [6.07, 6.45) is 1.65. The van der Waals surface area contributed by atoms with E-state index in [0.717, 1.165) is 41.6 Å². The van der Waals surface area contributed by atoms with E-state index < -0.39 is 0 Å². The van der Waals surface area contributed by atoms with Gasteiger partial charge in [0.05, 0.1) is 12.4 Å². The maximum absolute atomic E-state index is 12.3. The molecule has 0 saturated heterocycles. The van der Waals surface area contributed by atoms with E-state index in [1.807, 2.05) is 39.1 Å². The highest BCUT2D eigenvalue weighted by Crippen LogP contribution is 2.33. The Morgan fingerprint density at radius 2 is 2.03 bits per heavy atom. The third kappa shape index (κ3) is 9.87. The second kappa shape index (κ2) is 14.8. The number of thiophene rings is 1. The van der Waals surface area contributed by atoms with E-state index >= 15 is 0 Å². The number of carbonyl (C=O) groups is 1. The van der Waals surface area contributed by atoms with Crippen LogP contribution in [0.2, 0.25) is 5.15 Å². The normalized spacial score (nSPS) is 10.6. The number of hydrogen-bond donors (Lipinski definition) is 3. The number of halogens is 2. The van der Waals surface area contributed by atoms with Gasteiger partial charge in [0.1, 0.15) is 22.0 Å². The predicted molar refractivity (Wildman–Crippen MR) is 138 cm³/mol. The lowest BCUT2D eigenvalue weighted by atomic mass is 10.1. The van der Waals surface area contributed by atoms with Gasteiger partial charge in [0.2, 0.25) is 0 Å². The smallest absolute Gasteiger partial charge is 0.407 e. The fourth-order valence-electron chi connectivity index (χ4n) is 2.87. The highest BCUT2D eigenvalue weighted by atomic mass is 35.5. The van der Waals surface area contributed by atoms with Gasteiger partial charge in [0.15, 0.2) is 5.58 Å². The fourth-order valence-corrected chi connectivity index (χ4v) is 3.70. The number of anilines is 1. The van der Waals surface area contributed by atoms with Crippen molar-refractivity contribution >= 4 is 45.8 Å². The number of aliphatic hydroxyl groups is 1. The van der Waals surface area contributed by atoms with Crippen LogP contribution in [-0.2, 0) is 17.7 Å². The lowest BCUT2D eigenvalue weighted by Gasteiger charge is -2.18. The summed E-state index contributed by atoms with van der Waals surface area (Å²) in [5.74, 6) is 0.863. The molecule has 34 heavy (non-hydrogen) atoms. The minimum Gasteiger partial charge on any atom is -0.457 e. The number of alkyl halides is 1. The molecule has 0 bridgehead atoms. The van der Waals surface area contributed by atoms with E-state index in [1.54, 1.807) is 17.4 Å². The van der Waals surface area contributed by atoms with Crippen molar-refractivity contribution < 1.29 is 23.4 Å². The summed E-state index contributed by atoms with van der Waals surface area (Å²) in [6.45, 7) is 7.86. The molecule has 0 unspecified atom stereocenters. The second-order valence-electron chi connectivity index (χ2n) is 8.15. The number of fused-ring (bicyclic) bond motifs is 1. The van der Waals surface area contributed by atoms with Gasteiger partial charge in [-0.1, -0.05) is 17.7 Å². The van der Waals surface area contributed by atoms with Crippen LogP contribution in [0.3, 0.4) is 0 Å². The van der Waals surface area contributed by atoms with Crippen molar-refractivity contribution in [3.05, 3.63) is 44.9 Å². The Morgan fingerprint density at radius 1 is 1.32 bits per heavy atom. The van der Waals surface area contributed by atoms with E-state index in [9.17, 15) is 9.18 Å². The van der Waals surface area contributed by atoms with Gasteiger partial charge < -0.3 is 24.9 Å². The molecule has 0 aliphatic heterocycles. The first-order valence-electron chi connectivity index (χ1n) is 10.9. The summed E-state index contributed by atoms with van der Waals surface area (Å²) in [5, 5.41) is 15.2. The molecular weight excluding hydrogens is 481 g/mol. The third-order valence-electron chi connectivity index (χ3n) is 4.36. The molecule has 3 aromatic heterocycles. The number of nitrogens with zero attached hydrogens (tertiary/aromatic N) is 1. The number of aromatic nitrogens is 1. The van der Waals surface area contributed by atoms with Crippen molar-refractivity contribution in [2.24, 2.45) is 0 Å². The number of aryl methyl sites for hydroxylation is 2. The Bertz CT molecular complexity index is 1000. The van der Waals surface area contributed by atoms with Crippen LogP contribution in [-0.4, -0.2) is 42.6 Å². The van der Waals surface area contributed by atoms with Crippen molar-refractivity contribution in [2.45, 2.75) is 59.1 Å². The fraction of sp³-hybridized carbons (Fsp3) is 0.500. The molecule has 3 heterocycles. The standard InChI is InChI=1S/C17H18ClFN2OS.C6H13NO2.CH4O/c1-11-14(6-2-3-7-19)22-17-13(9-15(18)21-16(11)17)20-10-12-5-4-8-23-12;1-6(2,3)9-5(8)7-4;1-2/h4-5,8-9H,2-3,6-7,10H2,1H3,(H,20,21);1-4H3,(H,7,8);2H,1H3. The zero-order valence-corrected chi connectivity index (χ0v) is 22.2. The van der Waals surface area contributed by atoms with Crippen molar-refractivity contribution in [3.8, 4) is 0 Å². The summed E-state index contributed by atoms with van der Waals surface area (Å²) in [7, 11) is 2.54. The number of alkyl carbamates (subject to hydrolysis) is 1. The van der Waals surface area contributed by atoms with E-state index in [2.05, 4.69) is 21.7 Å². The van der Waals surface area contributed by atoms with Gasteiger partial charge in [-0.25, -0.2) is 9.78 Å². The van der Waals surface area contributed by atoms with Gasteiger partial charge in [-0.2, -0.15) is 0 Å². The number of aliphatic hydroxyl groups excluding tert-OH is 1. The van der Waals surface area contributed by atoms with E-state index in [1.165, 1.54) is 11.9 Å². The average molecular weight is 516 g/mol. The van der Waals surface area contributed by atoms with Gasteiger partial charge in [-0.3, -0.25) is 4.39 Å². The van der Waals surface area contributed by atoms with Crippen LogP contribution >= 0.6 is 22.9 Å². The summed E-state index contributed by atoms with van der Waals surface area (Å²) >= 11 is 7.85. The first-order valence-corrected chi connectivity index (χ1v) is 12.2. The molecule has 3 rings (SSSR count). The highest BCUT2D eigenvalue weighted by Gasteiger charge is 2.16. The van der Waals surface area contributed by atoms with E-state index in [0.29, 0.717) is 24.5 Å². The zero-order chi connectivity index (χ0) is 25.7. The van der Waals surface area contributed by atoms with Crippen LogP contribution < -0.4 is 10.6 Å². The largest absolute Gasteiger partial charge is 0.457 e. The lowest BCUT2D eigenvalue weighted by Crippen LogP contribution is -2.30. The number of amides is 1. The Balaban J connectivity index is 0.000000446. The van der Waals surface area contributed by atoms with Gasteiger partial charge >= 0.3 is 6.09 Å². The SMILES string of the molecule is CNC(=O)OC(C)(C)C.CO.Cc1c(CCCCF)oc2c(NCc3cccs3)cc(Cl)nc12. The number of unbranched alkanes of at least 4 members (excludes halogenated alkanes) is 1. The molecule has 0 spiro atoms. The summed E-state index contributed by atoms with van der Waals surface area (Å²) in [6, 6.07) is 5.88. The molecule has 0 aliphatic carbocycles. The van der Waals surface area contributed by atoms with E-state index in [-0.39, 0.29) is 18.4 Å². The second-order valence-corrected chi connectivity index (χ2v) is 9.57. The predicted octanol–water partition coefficient (Wildman–Crippen LogP) is 6.50. The molecule has 190 valence electrons. The quantitative estimate of drug-likeness (QED) is 0.245. The first-order chi connectivity index (χ1) is 16.1. The third-order valence-corrected chi connectivity index (χ3v) is 5.43. The number of rotatable bonds is 7. The molecule has 0 aliphatic rings. The molecule has 0 aromatic carbocycles. The number of ether oxygens (including phenoxy) is 1. The number of pyridine rings is 1. The molecular formula is C24H35ClFN3O4S. The molecule has 10 heteroatoms. The van der Waals surface area contributed by atoms with E-state index in [4.69, 9.17) is 25.9 Å². The number of carbonyl (C=O) groups excluding carboxylic acids is 1. The summed E-state index contributed by atoms with van der Waals surface area (Å²) in [5.41, 5.74) is 2.94. The van der Waals surface area contributed by atoms with Gasteiger partial charge in [0, 0.05) is 43.6 Å². The Hall–Kier alpha value is -2.36. The molecule has 0 fully saturated rings. The molecule has 3 N–H and O–H groups in total. The number of hydrogen-bond acceptors (Lipinski definition) is 7. The van der Waals surface area contributed by atoms with Gasteiger partial charge in [0.25, 0.3) is 0 Å². The Morgan fingerprint density at radius 3 is 2.56 bits per heavy atom. The Labute approximate surface area is 209 Å². The molecule has 1 amide bonds. The maximum atomic E-state index is 12.3. The monoisotopic (exact) mass is 515 g/mol. The van der Waals surface area contributed by atoms with Crippen molar-refractivity contribution in [1.82, 2.24) is 10.3 Å². The molecule has 0 radical (unpaired) electrons. The van der Waals surface area contributed by atoms with Crippen LogP contribution in [0.4, 0.5) is 14.9 Å². The van der Waals surface area contributed by atoms with Crippen LogP contribution in [0.1, 0.15) is 49.8 Å². The van der Waals surface area contributed by atoms with Crippen molar-refractivity contribution in [3.63, 3.8) is 0 Å². The summed E-state index contributed by atoms with van der Waals surface area (Å²) < 4.78 is 23.1. The molecule has 3 aromatic rings. The van der Waals surface area contributed by atoms with Gasteiger partial charge in [-0.15, -0.1) is 11.3 Å². The lowest BCUT2D eigenvalue weighted by molar-refractivity contribution is 0.0541. The Kier molecular flexibility index (Phi) is 12.9. The molecule has 0 atom stereocenters. The maximum Gasteiger partial charge on any atom is 0.407 e.